The Balaban J connectivity index is 2.05. The van der Waals surface area contributed by atoms with Crippen molar-refractivity contribution >= 4 is 17.3 Å². The molecule has 0 aliphatic carbocycles. The van der Waals surface area contributed by atoms with Crippen LogP contribution < -0.4 is 5.32 Å². The van der Waals surface area contributed by atoms with Gasteiger partial charge in [-0.25, -0.2) is 4.79 Å². The largest absolute Gasteiger partial charge is 0.465 e. The fourth-order valence-corrected chi connectivity index (χ4v) is 2.75. The molecule has 0 amide bonds. The molecule has 0 spiro atoms. The standard InChI is InChI=1S/C11H15NO3S/c1-14-10(13)8-3-9(16-5-8)4-11(15-2)6-12-7-11/h3,5,12H,4,6-7H2,1-2H3. The molecule has 1 aliphatic rings. The van der Waals surface area contributed by atoms with Gasteiger partial charge in [-0.2, -0.15) is 0 Å². The Labute approximate surface area is 98.6 Å². The molecule has 88 valence electrons. The maximum absolute atomic E-state index is 11.3. The van der Waals surface area contributed by atoms with Gasteiger partial charge < -0.3 is 14.8 Å². The highest BCUT2D eigenvalue weighted by atomic mass is 32.1. The van der Waals surface area contributed by atoms with Crippen LogP contribution in [0.4, 0.5) is 0 Å². The monoisotopic (exact) mass is 241 g/mol. The van der Waals surface area contributed by atoms with Gasteiger partial charge in [0.1, 0.15) is 0 Å². The van der Waals surface area contributed by atoms with Gasteiger partial charge in [-0.15, -0.1) is 11.3 Å². The van der Waals surface area contributed by atoms with Crippen molar-refractivity contribution < 1.29 is 14.3 Å². The Morgan fingerprint density at radius 1 is 1.56 bits per heavy atom. The van der Waals surface area contributed by atoms with E-state index in [-0.39, 0.29) is 11.6 Å². The summed E-state index contributed by atoms with van der Waals surface area (Å²) in [7, 11) is 3.13. The zero-order valence-electron chi connectivity index (χ0n) is 9.41. The van der Waals surface area contributed by atoms with Crippen LogP contribution >= 0.6 is 11.3 Å². The van der Waals surface area contributed by atoms with Crippen molar-refractivity contribution in [3.63, 3.8) is 0 Å². The molecule has 4 nitrogen and oxygen atoms in total. The molecule has 1 fully saturated rings. The number of thiophene rings is 1. The van der Waals surface area contributed by atoms with Gasteiger partial charge in [-0.3, -0.25) is 0 Å². The summed E-state index contributed by atoms with van der Waals surface area (Å²) in [6, 6.07) is 1.88. The third-order valence-electron chi connectivity index (χ3n) is 2.90. The highest BCUT2D eigenvalue weighted by Crippen LogP contribution is 2.26. The molecular weight excluding hydrogens is 226 g/mol. The van der Waals surface area contributed by atoms with E-state index >= 15 is 0 Å². The first kappa shape index (κ1) is 11.6. The molecule has 2 rings (SSSR count). The lowest BCUT2D eigenvalue weighted by Crippen LogP contribution is -2.61. The molecule has 5 heteroatoms. The van der Waals surface area contributed by atoms with Crippen LogP contribution in [0.15, 0.2) is 11.4 Å². The van der Waals surface area contributed by atoms with Gasteiger partial charge in [0.15, 0.2) is 0 Å². The quantitative estimate of drug-likeness (QED) is 0.801. The van der Waals surface area contributed by atoms with E-state index in [1.165, 1.54) is 7.11 Å². The van der Waals surface area contributed by atoms with Gasteiger partial charge in [0.25, 0.3) is 0 Å². The van der Waals surface area contributed by atoms with Crippen molar-refractivity contribution in [1.29, 1.82) is 0 Å². The Kier molecular flexibility index (Phi) is 3.28. The molecule has 1 aromatic rings. The van der Waals surface area contributed by atoms with Crippen LogP contribution in [0.5, 0.6) is 0 Å². The minimum Gasteiger partial charge on any atom is -0.465 e. The number of ether oxygens (including phenoxy) is 2. The number of rotatable bonds is 4. The first-order valence-electron chi connectivity index (χ1n) is 5.11. The van der Waals surface area contributed by atoms with Gasteiger partial charge in [0, 0.05) is 36.9 Å². The summed E-state index contributed by atoms with van der Waals surface area (Å²) < 4.78 is 10.2. The molecule has 0 aromatic carbocycles. The molecule has 0 saturated carbocycles. The zero-order chi connectivity index (χ0) is 11.6. The topological polar surface area (TPSA) is 47.6 Å². The Morgan fingerprint density at radius 2 is 2.31 bits per heavy atom. The molecule has 0 atom stereocenters. The molecular formula is C11H15NO3S. The third kappa shape index (κ3) is 2.11. The van der Waals surface area contributed by atoms with Crippen LogP contribution in [0.25, 0.3) is 0 Å². The van der Waals surface area contributed by atoms with Crippen LogP contribution in [0.1, 0.15) is 15.2 Å². The summed E-state index contributed by atoms with van der Waals surface area (Å²) in [5.74, 6) is -0.277. The maximum atomic E-state index is 11.3. The fraction of sp³-hybridized carbons (Fsp3) is 0.545. The minimum atomic E-state index is -0.277. The van der Waals surface area contributed by atoms with E-state index < -0.39 is 0 Å². The Bertz CT molecular complexity index is 379. The van der Waals surface area contributed by atoms with Gasteiger partial charge in [0.2, 0.25) is 0 Å². The molecule has 0 unspecified atom stereocenters. The maximum Gasteiger partial charge on any atom is 0.338 e. The van der Waals surface area contributed by atoms with E-state index in [9.17, 15) is 4.79 Å². The molecule has 16 heavy (non-hydrogen) atoms. The third-order valence-corrected chi connectivity index (χ3v) is 3.84. The van der Waals surface area contributed by atoms with Crippen LogP contribution in [-0.4, -0.2) is 38.9 Å². The summed E-state index contributed by atoms with van der Waals surface area (Å²) in [6.45, 7) is 1.74. The summed E-state index contributed by atoms with van der Waals surface area (Å²) in [5, 5.41) is 5.03. The molecule has 1 aromatic heterocycles. The SMILES string of the molecule is COC(=O)c1csc(CC2(OC)CNC2)c1. The van der Waals surface area contributed by atoms with Crippen molar-refractivity contribution in [2.24, 2.45) is 0 Å². The highest BCUT2D eigenvalue weighted by molar-refractivity contribution is 7.10. The number of methoxy groups -OCH3 is 2. The first-order chi connectivity index (χ1) is 7.69. The van der Waals surface area contributed by atoms with Crippen LogP contribution in [-0.2, 0) is 15.9 Å². The molecule has 2 heterocycles. The first-order valence-corrected chi connectivity index (χ1v) is 5.99. The van der Waals surface area contributed by atoms with Crippen LogP contribution in [0, 0.1) is 0 Å². The van der Waals surface area contributed by atoms with Gasteiger partial charge >= 0.3 is 5.97 Å². The fourth-order valence-electron chi connectivity index (χ4n) is 1.76. The van der Waals surface area contributed by atoms with Crippen molar-refractivity contribution in [3.8, 4) is 0 Å². The van der Waals surface area contributed by atoms with Crippen molar-refractivity contribution in [2.45, 2.75) is 12.0 Å². The number of carbonyl (C=O) groups excluding carboxylic acids is 1. The lowest BCUT2D eigenvalue weighted by atomic mass is 9.92. The normalized spacial score (nSPS) is 17.9. The van der Waals surface area contributed by atoms with E-state index in [1.807, 2.05) is 11.4 Å². The van der Waals surface area contributed by atoms with Gasteiger partial charge in [-0.1, -0.05) is 0 Å². The second kappa shape index (κ2) is 4.53. The van der Waals surface area contributed by atoms with Crippen LogP contribution in [0.3, 0.4) is 0 Å². The summed E-state index contributed by atoms with van der Waals surface area (Å²) in [4.78, 5) is 12.4. The van der Waals surface area contributed by atoms with E-state index in [0.29, 0.717) is 5.56 Å². The second-order valence-electron chi connectivity index (χ2n) is 3.96. The van der Waals surface area contributed by atoms with E-state index in [2.05, 4.69) is 10.1 Å². The highest BCUT2D eigenvalue weighted by Gasteiger charge is 2.37. The molecule has 0 bridgehead atoms. The smallest absolute Gasteiger partial charge is 0.338 e. The van der Waals surface area contributed by atoms with Crippen LogP contribution in [0.2, 0.25) is 0 Å². The number of nitrogens with one attached hydrogen (secondary N) is 1. The molecule has 0 radical (unpaired) electrons. The average molecular weight is 241 g/mol. The summed E-state index contributed by atoms with van der Waals surface area (Å²) in [5.41, 5.74) is 0.541. The Hall–Kier alpha value is -0.910. The predicted molar refractivity (Wildman–Crippen MR) is 62.0 cm³/mol. The lowest BCUT2D eigenvalue weighted by molar-refractivity contribution is -0.0496. The summed E-state index contributed by atoms with van der Waals surface area (Å²) in [6.07, 6.45) is 0.845. The van der Waals surface area contributed by atoms with Gasteiger partial charge in [-0.05, 0) is 6.07 Å². The van der Waals surface area contributed by atoms with Crippen molar-refractivity contribution in [2.75, 3.05) is 27.3 Å². The predicted octanol–water partition coefficient (Wildman–Crippen LogP) is 1.07. The molecule has 1 aliphatic heterocycles. The van der Waals surface area contributed by atoms with E-state index in [0.717, 1.165) is 24.4 Å². The van der Waals surface area contributed by atoms with Crippen molar-refractivity contribution in [3.05, 3.63) is 21.9 Å². The van der Waals surface area contributed by atoms with E-state index in [4.69, 9.17) is 4.74 Å². The second-order valence-corrected chi connectivity index (χ2v) is 4.96. The van der Waals surface area contributed by atoms with Crippen molar-refractivity contribution in [1.82, 2.24) is 5.32 Å². The summed E-state index contributed by atoms with van der Waals surface area (Å²) >= 11 is 1.58. The lowest BCUT2D eigenvalue weighted by Gasteiger charge is -2.41. The minimum absolute atomic E-state index is 0.0851. The number of hydrogen-bond donors (Lipinski definition) is 1. The van der Waals surface area contributed by atoms with Gasteiger partial charge in [0.05, 0.1) is 18.3 Å². The number of esters is 1. The molecule has 1 saturated heterocycles. The Morgan fingerprint density at radius 3 is 2.81 bits per heavy atom. The number of carbonyl (C=O) groups is 1. The van der Waals surface area contributed by atoms with E-state index in [1.54, 1.807) is 18.4 Å². The molecule has 1 N–H and O–H groups in total. The number of hydrogen-bond acceptors (Lipinski definition) is 5. The zero-order valence-corrected chi connectivity index (χ0v) is 10.2. The average Bonchev–Trinajstić information content (AvgIpc) is 2.70.